The molecule has 236 valence electrons. The number of carbonyl (C=O) groups is 3. The van der Waals surface area contributed by atoms with E-state index in [1.165, 1.54) is 59.9 Å². The molecule has 2 aromatic carbocycles. The van der Waals surface area contributed by atoms with Crippen LogP contribution in [-0.2, 0) is 26.0 Å². The van der Waals surface area contributed by atoms with Crippen LogP contribution < -0.4 is 10.6 Å². The molecule has 0 bridgehead atoms. The number of hydrogen-bond donors (Lipinski definition) is 3. The topological polar surface area (TPSA) is 213 Å². The molecule has 1 aliphatic heterocycles. The molecule has 0 saturated carbocycles. The first kappa shape index (κ1) is 32.4. The molecule has 2 aromatic heterocycles. The highest BCUT2D eigenvalue weighted by molar-refractivity contribution is 7.89. The van der Waals surface area contributed by atoms with Crippen LogP contribution >= 0.6 is 23.2 Å². The van der Waals surface area contributed by atoms with Crippen LogP contribution in [0.15, 0.2) is 72.1 Å². The van der Waals surface area contributed by atoms with Crippen molar-refractivity contribution >= 4 is 56.7 Å². The van der Waals surface area contributed by atoms with Crippen LogP contribution in [-0.4, -0.2) is 79.4 Å². The van der Waals surface area contributed by atoms with Crippen molar-refractivity contribution in [1.29, 1.82) is 5.26 Å². The number of carboxylic acid groups (broad SMARTS) is 1. The first-order valence-corrected chi connectivity index (χ1v) is 15.6. The molecule has 0 aliphatic carbocycles. The molecule has 0 radical (unpaired) electrons. The second-order valence-corrected chi connectivity index (χ2v) is 12.8. The zero-order chi connectivity index (χ0) is 33.0. The minimum absolute atomic E-state index is 0.0404. The number of nitrogens with zero attached hydrogens (tertiary/aromatic N) is 7. The number of anilines is 1. The van der Waals surface area contributed by atoms with E-state index in [1.54, 1.807) is 12.1 Å². The van der Waals surface area contributed by atoms with E-state index >= 15 is 0 Å². The molecule has 0 spiro atoms. The summed E-state index contributed by atoms with van der Waals surface area (Å²) in [5, 5.41) is 35.9. The van der Waals surface area contributed by atoms with Gasteiger partial charge in [0.25, 0.3) is 5.91 Å². The van der Waals surface area contributed by atoms with Crippen LogP contribution in [0.1, 0.15) is 33.9 Å². The van der Waals surface area contributed by atoms with E-state index < -0.39 is 45.9 Å². The highest BCUT2D eigenvalue weighted by Crippen LogP contribution is 2.32. The Kier molecular flexibility index (Phi) is 9.58. The smallest absolute Gasteiger partial charge is 0.326 e. The number of nitriles is 1. The summed E-state index contributed by atoms with van der Waals surface area (Å²) in [5.74, 6) is -2.77. The maximum Gasteiger partial charge on any atom is 0.326 e. The molecule has 1 aliphatic rings. The van der Waals surface area contributed by atoms with E-state index in [2.05, 4.69) is 31.0 Å². The van der Waals surface area contributed by atoms with Gasteiger partial charge < -0.3 is 15.7 Å². The Morgan fingerprint density at radius 3 is 2.46 bits per heavy atom. The quantitative estimate of drug-likeness (QED) is 0.220. The molecule has 18 heteroatoms. The summed E-state index contributed by atoms with van der Waals surface area (Å²) in [5.41, 5.74) is 1.02. The molecular formula is C28H23Cl2N9O6S. The van der Waals surface area contributed by atoms with Crippen molar-refractivity contribution in [2.24, 2.45) is 0 Å². The van der Waals surface area contributed by atoms with Crippen LogP contribution in [0.5, 0.6) is 0 Å². The summed E-state index contributed by atoms with van der Waals surface area (Å²) in [6.45, 7) is -0.200. The third-order valence-electron chi connectivity index (χ3n) is 7.14. The maximum atomic E-state index is 13.7. The van der Waals surface area contributed by atoms with Crippen molar-refractivity contribution in [1.82, 2.24) is 34.8 Å². The lowest BCUT2D eigenvalue weighted by molar-refractivity contribution is -0.142. The van der Waals surface area contributed by atoms with Crippen LogP contribution in [0.4, 0.5) is 5.69 Å². The number of carbonyl (C=O) groups excluding carboxylic acids is 2. The first-order chi connectivity index (χ1) is 22.0. The van der Waals surface area contributed by atoms with Gasteiger partial charge in [0, 0.05) is 31.0 Å². The lowest BCUT2D eigenvalue weighted by atomic mass is 10.0. The number of aromatic nitrogens is 5. The Bertz CT molecular complexity index is 1920. The number of carboxylic acids is 1. The number of rotatable bonds is 10. The fraction of sp³-hybridized carbons (Fsp3) is 0.214. The van der Waals surface area contributed by atoms with Crippen molar-refractivity contribution in [3.63, 3.8) is 0 Å². The van der Waals surface area contributed by atoms with E-state index in [0.717, 1.165) is 4.31 Å². The van der Waals surface area contributed by atoms with E-state index in [-0.39, 0.29) is 45.5 Å². The summed E-state index contributed by atoms with van der Waals surface area (Å²) in [7, 11) is -4.31. The highest BCUT2D eigenvalue weighted by Gasteiger charge is 2.46. The first-order valence-electron chi connectivity index (χ1n) is 13.4. The van der Waals surface area contributed by atoms with Gasteiger partial charge in [0.1, 0.15) is 12.1 Å². The van der Waals surface area contributed by atoms with Crippen molar-refractivity contribution < 1.29 is 27.9 Å². The average molecular weight is 685 g/mol. The SMILES string of the molecule is N#Cc1cccc(S(=O)(=O)N2C[C@H](n3ncnn3)C[C@H]2C(=O)N[C@@H](Cc2ccc(NC(=O)c3c(Cl)cncc3Cl)cc2)C(=O)O)c1. The molecule has 3 heterocycles. The molecular weight excluding hydrogens is 661 g/mol. The lowest BCUT2D eigenvalue weighted by Crippen LogP contribution is -2.51. The van der Waals surface area contributed by atoms with Gasteiger partial charge in [0.2, 0.25) is 15.9 Å². The molecule has 4 aromatic rings. The Morgan fingerprint density at radius 1 is 1.11 bits per heavy atom. The number of hydrogen-bond acceptors (Lipinski definition) is 10. The molecule has 1 fully saturated rings. The van der Waals surface area contributed by atoms with Gasteiger partial charge in [-0.1, -0.05) is 41.4 Å². The standard InChI is InChI=1S/C28H23Cl2N9O6S/c29-21-12-32-13-22(30)25(21)27(41)35-18-6-4-16(5-7-18)9-23(28(42)43)36-26(40)24-10-19(39-34-15-33-37-39)14-38(24)46(44,45)20-3-1-2-17(8-20)11-31/h1-8,12-13,15,19,23-24H,9-10,14H2,(H,35,41)(H,36,40)(H,42,43)/t19-,23+,24+/m1/s1. The molecule has 5 rings (SSSR count). The predicted octanol–water partition coefficient (Wildman–Crippen LogP) is 2.32. The van der Waals surface area contributed by atoms with Gasteiger partial charge in [0.05, 0.1) is 38.2 Å². The van der Waals surface area contributed by atoms with E-state index in [4.69, 9.17) is 23.2 Å². The molecule has 3 N–H and O–H groups in total. The van der Waals surface area contributed by atoms with Gasteiger partial charge >= 0.3 is 5.97 Å². The normalized spacial score (nSPS) is 17.2. The molecule has 1 saturated heterocycles. The largest absolute Gasteiger partial charge is 0.480 e. The summed E-state index contributed by atoms with van der Waals surface area (Å²) < 4.78 is 28.3. The molecule has 46 heavy (non-hydrogen) atoms. The Hall–Kier alpha value is -4.95. The van der Waals surface area contributed by atoms with E-state index in [0.29, 0.717) is 11.3 Å². The zero-order valence-electron chi connectivity index (χ0n) is 23.5. The second-order valence-electron chi connectivity index (χ2n) is 10.1. The minimum atomic E-state index is -4.31. The summed E-state index contributed by atoms with van der Waals surface area (Å²) >= 11 is 12.1. The fourth-order valence-corrected chi connectivity index (χ4v) is 7.13. The van der Waals surface area contributed by atoms with Crippen LogP contribution in [0, 0.1) is 11.3 Å². The average Bonchev–Trinajstić information content (AvgIpc) is 3.73. The zero-order valence-corrected chi connectivity index (χ0v) is 25.8. The second kappa shape index (κ2) is 13.6. The Morgan fingerprint density at radius 2 is 1.83 bits per heavy atom. The van der Waals surface area contributed by atoms with Crippen LogP contribution in [0.3, 0.4) is 0 Å². The van der Waals surface area contributed by atoms with Gasteiger partial charge in [-0.2, -0.15) is 14.4 Å². The fourth-order valence-electron chi connectivity index (χ4n) is 4.91. The van der Waals surface area contributed by atoms with Crippen LogP contribution in [0.25, 0.3) is 0 Å². The van der Waals surface area contributed by atoms with Gasteiger partial charge in [0.15, 0.2) is 6.33 Å². The number of sulfonamides is 1. The molecule has 0 unspecified atom stereocenters. The third-order valence-corrected chi connectivity index (χ3v) is 9.59. The van der Waals surface area contributed by atoms with Crippen LogP contribution in [0.2, 0.25) is 10.0 Å². The number of halogens is 2. The Balaban J connectivity index is 1.32. The number of pyridine rings is 1. The summed E-state index contributed by atoms with van der Waals surface area (Å²) in [4.78, 5) is 43.2. The van der Waals surface area contributed by atoms with E-state index in [9.17, 15) is 33.2 Å². The lowest BCUT2D eigenvalue weighted by Gasteiger charge is -2.25. The van der Waals surface area contributed by atoms with Gasteiger partial charge in [-0.25, -0.2) is 13.2 Å². The van der Waals surface area contributed by atoms with Gasteiger partial charge in [-0.3, -0.25) is 14.6 Å². The maximum absolute atomic E-state index is 13.7. The molecule has 2 amide bonds. The summed E-state index contributed by atoms with van der Waals surface area (Å²) in [6, 6.07) is 10.0. The molecule has 3 atom stereocenters. The van der Waals surface area contributed by atoms with Crippen molar-refractivity contribution in [2.75, 3.05) is 11.9 Å². The number of benzene rings is 2. The van der Waals surface area contributed by atoms with Crippen molar-refractivity contribution in [3.8, 4) is 6.07 Å². The van der Waals surface area contributed by atoms with E-state index in [1.807, 2.05) is 6.07 Å². The van der Waals surface area contributed by atoms with Gasteiger partial charge in [-0.05, 0) is 47.5 Å². The monoisotopic (exact) mass is 683 g/mol. The Labute approximate surface area is 271 Å². The van der Waals surface area contributed by atoms with Gasteiger partial charge in [-0.15, -0.1) is 10.2 Å². The number of amides is 2. The summed E-state index contributed by atoms with van der Waals surface area (Å²) in [6.07, 6.45) is 3.51. The predicted molar refractivity (Wildman–Crippen MR) is 162 cm³/mol. The van der Waals surface area contributed by atoms with Crippen molar-refractivity contribution in [2.45, 2.75) is 35.9 Å². The van der Waals surface area contributed by atoms with Crippen molar-refractivity contribution in [3.05, 3.63) is 94.0 Å². The number of tetrazole rings is 1. The number of aliphatic carboxylic acids is 1. The number of nitrogens with one attached hydrogen (secondary N) is 2. The highest BCUT2D eigenvalue weighted by atomic mass is 35.5. The molecule has 15 nitrogen and oxygen atoms in total. The minimum Gasteiger partial charge on any atom is -0.480 e. The third kappa shape index (κ3) is 6.97.